The van der Waals surface area contributed by atoms with E-state index < -0.39 is 6.03 Å². The molecular formula is C6H8N4O2. The minimum absolute atomic E-state index is 0.698. The summed E-state index contributed by atoms with van der Waals surface area (Å²) in [4.78, 5) is 10.2. The number of carbonyl (C=O) groups excluding carboxylic acids is 1. The molecule has 0 aliphatic rings. The van der Waals surface area contributed by atoms with Crippen LogP contribution in [0.5, 0.6) is 0 Å². The van der Waals surface area contributed by atoms with E-state index in [-0.39, 0.29) is 0 Å². The maximum Gasteiger partial charge on any atom is 0.332 e. The second-order valence-corrected chi connectivity index (χ2v) is 2.09. The Hall–Kier alpha value is -1.85. The van der Waals surface area contributed by atoms with Crippen LogP contribution >= 0.6 is 0 Å². The van der Waals surface area contributed by atoms with Gasteiger partial charge in [-0.25, -0.2) is 10.2 Å². The summed E-state index contributed by atoms with van der Waals surface area (Å²) in [6.45, 7) is 1.76. The van der Waals surface area contributed by atoms with Gasteiger partial charge >= 0.3 is 6.03 Å². The van der Waals surface area contributed by atoms with Gasteiger partial charge in [-0.3, -0.25) is 0 Å². The minimum atomic E-state index is -0.708. The molecule has 0 aliphatic heterocycles. The number of nitrogens with one attached hydrogen (secondary N) is 1. The van der Waals surface area contributed by atoms with Crippen LogP contribution in [0.4, 0.5) is 4.79 Å². The predicted octanol–water partition coefficient (Wildman–Crippen LogP) is -0.0148. The summed E-state index contributed by atoms with van der Waals surface area (Å²) < 4.78 is 4.62. The van der Waals surface area contributed by atoms with E-state index in [2.05, 4.69) is 14.8 Å². The van der Waals surface area contributed by atoms with Crippen LogP contribution < -0.4 is 11.2 Å². The second kappa shape index (κ2) is 3.51. The molecular weight excluding hydrogens is 160 g/mol. The molecule has 2 amide bonds. The quantitative estimate of drug-likeness (QED) is 0.480. The minimum Gasteiger partial charge on any atom is -0.364 e. The van der Waals surface area contributed by atoms with Crippen molar-refractivity contribution in [2.45, 2.75) is 6.92 Å². The molecule has 0 unspecified atom stereocenters. The van der Waals surface area contributed by atoms with Crippen LogP contribution in [0.2, 0.25) is 0 Å². The van der Waals surface area contributed by atoms with Gasteiger partial charge in [0.05, 0.1) is 17.5 Å². The third-order valence-electron chi connectivity index (χ3n) is 1.17. The first kappa shape index (κ1) is 8.25. The fourth-order valence-electron chi connectivity index (χ4n) is 0.589. The van der Waals surface area contributed by atoms with E-state index in [0.717, 1.165) is 0 Å². The number of rotatable bonds is 2. The third-order valence-corrected chi connectivity index (χ3v) is 1.17. The summed E-state index contributed by atoms with van der Waals surface area (Å²) >= 11 is 0. The van der Waals surface area contributed by atoms with Crippen molar-refractivity contribution < 1.29 is 9.32 Å². The molecule has 64 valence electrons. The summed E-state index contributed by atoms with van der Waals surface area (Å²) in [6, 6.07) is -0.708. The standard InChI is InChI=1S/C6H8N4O2/c1-4-5(3-12-10-4)2-8-9-6(7)11/h2-3H,1H3,(H3,7,9,11)/b8-2+. The average Bonchev–Trinajstić information content (AvgIpc) is 2.36. The number of hydrazone groups is 1. The summed E-state index contributed by atoms with van der Waals surface area (Å²) in [6.07, 6.45) is 2.82. The first-order chi connectivity index (χ1) is 5.70. The Bertz CT molecular complexity index is 304. The van der Waals surface area contributed by atoms with E-state index in [0.29, 0.717) is 11.3 Å². The molecule has 0 saturated carbocycles. The highest BCUT2D eigenvalue weighted by Gasteiger charge is 1.97. The Balaban J connectivity index is 2.57. The lowest BCUT2D eigenvalue weighted by atomic mass is 10.3. The van der Waals surface area contributed by atoms with Crippen molar-refractivity contribution in [1.82, 2.24) is 10.6 Å². The van der Waals surface area contributed by atoms with Crippen LogP contribution in [0.15, 0.2) is 15.9 Å². The molecule has 0 atom stereocenters. The zero-order valence-corrected chi connectivity index (χ0v) is 6.44. The first-order valence-electron chi connectivity index (χ1n) is 3.19. The highest BCUT2D eigenvalue weighted by Crippen LogP contribution is 1.99. The van der Waals surface area contributed by atoms with Gasteiger partial charge in [0.2, 0.25) is 0 Å². The predicted molar refractivity (Wildman–Crippen MR) is 41.6 cm³/mol. The first-order valence-corrected chi connectivity index (χ1v) is 3.19. The van der Waals surface area contributed by atoms with Crippen molar-refractivity contribution in [3.8, 4) is 0 Å². The van der Waals surface area contributed by atoms with E-state index in [1.165, 1.54) is 12.5 Å². The maximum absolute atomic E-state index is 10.2. The van der Waals surface area contributed by atoms with Gasteiger partial charge < -0.3 is 10.3 Å². The van der Waals surface area contributed by atoms with Gasteiger partial charge in [0.1, 0.15) is 6.26 Å². The average molecular weight is 168 g/mol. The maximum atomic E-state index is 10.2. The highest BCUT2D eigenvalue weighted by molar-refractivity contribution is 5.81. The Morgan fingerprint density at radius 2 is 2.67 bits per heavy atom. The fourth-order valence-corrected chi connectivity index (χ4v) is 0.589. The molecule has 0 fully saturated rings. The van der Waals surface area contributed by atoms with Gasteiger partial charge in [-0.05, 0) is 6.92 Å². The topological polar surface area (TPSA) is 93.5 Å². The van der Waals surface area contributed by atoms with Gasteiger partial charge in [-0.2, -0.15) is 5.10 Å². The molecule has 0 radical (unpaired) electrons. The van der Waals surface area contributed by atoms with Gasteiger partial charge in [0.15, 0.2) is 0 Å². The number of urea groups is 1. The molecule has 0 spiro atoms. The van der Waals surface area contributed by atoms with E-state index in [1.807, 2.05) is 5.43 Å². The molecule has 0 aliphatic carbocycles. The molecule has 1 aromatic heterocycles. The Kier molecular flexibility index (Phi) is 2.42. The van der Waals surface area contributed by atoms with Crippen molar-refractivity contribution in [2.24, 2.45) is 10.8 Å². The smallest absolute Gasteiger partial charge is 0.332 e. The zero-order valence-electron chi connectivity index (χ0n) is 6.44. The molecule has 1 heterocycles. The number of hydrogen-bond donors (Lipinski definition) is 2. The molecule has 0 bridgehead atoms. The van der Waals surface area contributed by atoms with Crippen molar-refractivity contribution in [1.29, 1.82) is 0 Å². The number of primary amides is 1. The van der Waals surface area contributed by atoms with Crippen LogP contribution in [0.3, 0.4) is 0 Å². The number of nitrogens with zero attached hydrogens (tertiary/aromatic N) is 2. The number of hydrogen-bond acceptors (Lipinski definition) is 4. The SMILES string of the molecule is Cc1nocc1/C=N/NC(N)=O. The second-order valence-electron chi connectivity index (χ2n) is 2.09. The van der Waals surface area contributed by atoms with E-state index >= 15 is 0 Å². The molecule has 0 saturated heterocycles. The lowest BCUT2D eigenvalue weighted by Crippen LogP contribution is -2.24. The summed E-state index contributed by atoms with van der Waals surface area (Å²) in [7, 11) is 0. The summed E-state index contributed by atoms with van der Waals surface area (Å²) in [5.41, 5.74) is 8.21. The molecule has 1 rings (SSSR count). The highest BCUT2D eigenvalue weighted by atomic mass is 16.5. The van der Waals surface area contributed by atoms with E-state index in [4.69, 9.17) is 5.73 Å². The van der Waals surface area contributed by atoms with Crippen LogP contribution in [0.1, 0.15) is 11.3 Å². The largest absolute Gasteiger partial charge is 0.364 e. The van der Waals surface area contributed by atoms with Crippen LogP contribution in [0.25, 0.3) is 0 Å². The Labute approximate surface area is 68.4 Å². The van der Waals surface area contributed by atoms with Crippen molar-refractivity contribution in [3.63, 3.8) is 0 Å². The third kappa shape index (κ3) is 2.08. The van der Waals surface area contributed by atoms with E-state index in [1.54, 1.807) is 6.92 Å². The number of aromatic nitrogens is 1. The lowest BCUT2D eigenvalue weighted by molar-refractivity contribution is 0.249. The van der Waals surface area contributed by atoms with Crippen molar-refractivity contribution >= 4 is 12.2 Å². The van der Waals surface area contributed by atoms with Crippen LogP contribution in [0, 0.1) is 6.92 Å². The van der Waals surface area contributed by atoms with Gasteiger partial charge in [0.25, 0.3) is 0 Å². The molecule has 12 heavy (non-hydrogen) atoms. The van der Waals surface area contributed by atoms with Crippen LogP contribution in [-0.2, 0) is 0 Å². The Morgan fingerprint density at radius 1 is 1.92 bits per heavy atom. The van der Waals surface area contributed by atoms with Gasteiger partial charge in [-0.1, -0.05) is 5.16 Å². The fraction of sp³-hybridized carbons (Fsp3) is 0.167. The summed E-state index contributed by atoms with van der Waals surface area (Å²) in [5, 5.41) is 7.13. The van der Waals surface area contributed by atoms with E-state index in [9.17, 15) is 4.79 Å². The summed E-state index contributed by atoms with van der Waals surface area (Å²) in [5.74, 6) is 0. The molecule has 3 N–H and O–H groups in total. The number of amides is 2. The van der Waals surface area contributed by atoms with Gasteiger partial charge in [0, 0.05) is 0 Å². The molecule has 0 aromatic carbocycles. The monoisotopic (exact) mass is 168 g/mol. The lowest BCUT2D eigenvalue weighted by Gasteiger charge is -1.88. The number of nitrogens with two attached hydrogens (primary N) is 1. The zero-order chi connectivity index (χ0) is 8.97. The molecule has 6 heteroatoms. The number of aryl methyl sites for hydroxylation is 1. The van der Waals surface area contributed by atoms with Crippen LogP contribution in [-0.4, -0.2) is 17.4 Å². The molecule has 6 nitrogen and oxygen atoms in total. The van der Waals surface area contributed by atoms with Gasteiger partial charge in [-0.15, -0.1) is 0 Å². The van der Waals surface area contributed by atoms with Crippen molar-refractivity contribution in [3.05, 3.63) is 17.5 Å². The Morgan fingerprint density at radius 3 is 3.17 bits per heavy atom. The normalized spacial score (nSPS) is 10.4. The number of carbonyl (C=O) groups is 1. The van der Waals surface area contributed by atoms with Crippen molar-refractivity contribution in [2.75, 3.05) is 0 Å². The molecule has 1 aromatic rings.